The molecule has 3 unspecified atom stereocenters. The number of hydrogen-bond acceptors (Lipinski definition) is 4. The van der Waals surface area contributed by atoms with Crippen LogP contribution in [0.5, 0.6) is 0 Å². The second-order valence-electron chi connectivity index (χ2n) is 4.90. The molecule has 3 atom stereocenters. The Balaban J connectivity index is 2.11. The normalized spacial score (nSPS) is 26.9. The van der Waals surface area contributed by atoms with E-state index < -0.39 is 0 Å². The third-order valence-electron chi connectivity index (χ3n) is 3.04. The molecule has 2 heterocycles. The average Bonchev–Trinajstić information content (AvgIpc) is 2.28. The number of rotatable bonds is 2. The lowest BCUT2D eigenvalue weighted by molar-refractivity contribution is -0.00545. The smallest absolute Gasteiger partial charge is 0.128 e. The van der Waals surface area contributed by atoms with Crippen LogP contribution in [0.1, 0.15) is 32.4 Å². The molecule has 1 saturated heterocycles. The summed E-state index contributed by atoms with van der Waals surface area (Å²) in [7, 11) is 0. The van der Waals surface area contributed by atoms with Gasteiger partial charge in [-0.25, -0.2) is 4.98 Å². The van der Waals surface area contributed by atoms with Crippen molar-refractivity contribution in [2.75, 3.05) is 18.0 Å². The summed E-state index contributed by atoms with van der Waals surface area (Å²) in [5, 5.41) is 0. The van der Waals surface area contributed by atoms with Gasteiger partial charge >= 0.3 is 0 Å². The molecule has 0 aliphatic carbocycles. The molecule has 1 aromatic rings. The van der Waals surface area contributed by atoms with Crippen LogP contribution in [0.25, 0.3) is 0 Å². The monoisotopic (exact) mass is 235 g/mol. The maximum Gasteiger partial charge on any atom is 0.128 e. The van der Waals surface area contributed by atoms with Crippen molar-refractivity contribution >= 4 is 5.82 Å². The summed E-state index contributed by atoms with van der Waals surface area (Å²) in [4.78, 5) is 6.75. The number of morpholine rings is 1. The minimum Gasteiger partial charge on any atom is -0.372 e. The zero-order valence-corrected chi connectivity index (χ0v) is 10.8. The van der Waals surface area contributed by atoms with Crippen molar-refractivity contribution in [1.29, 1.82) is 0 Å². The van der Waals surface area contributed by atoms with E-state index in [-0.39, 0.29) is 18.2 Å². The molecule has 0 aromatic carbocycles. The van der Waals surface area contributed by atoms with E-state index in [1.54, 1.807) is 0 Å². The van der Waals surface area contributed by atoms with Crippen molar-refractivity contribution in [2.45, 2.75) is 39.0 Å². The van der Waals surface area contributed by atoms with E-state index in [1.807, 2.05) is 19.2 Å². The van der Waals surface area contributed by atoms with Crippen molar-refractivity contribution in [2.24, 2.45) is 5.73 Å². The Hall–Kier alpha value is -1.13. The second-order valence-corrected chi connectivity index (χ2v) is 4.90. The van der Waals surface area contributed by atoms with Crippen LogP contribution in [0.15, 0.2) is 18.3 Å². The summed E-state index contributed by atoms with van der Waals surface area (Å²) in [5.74, 6) is 1.01. The maximum absolute atomic E-state index is 5.81. The van der Waals surface area contributed by atoms with Crippen molar-refractivity contribution in [3.63, 3.8) is 0 Å². The number of aromatic nitrogens is 1. The first-order valence-corrected chi connectivity index (χ1v) is 6.18. The van der Waals surface area contributed by atoms with Crippen LogP contribution in [0.3, 0.4) is 0 Å². The third kappa shape index (κ3) is 2.96. The van der Waals surface area contributed by atoms with Crippen LogP contribution < -0.4 is 10.6 Å². The standard InChI is InChI=1S/C13H21N3O/c1-9-7-16(8-10(2)17-9)13-5-4-12(6-15-13)11(3)14/h4-6,9-11H,7-8,14H2,1-3H3. The van der Waals surface area contributed by atoms with Gasteiger partial charge in [0.2, 0.25) is 0 Å². The third-order valence-corrected chi connectivity index (χ3v) is 3.04. The first kappa shape index (κ1) is 12.3. The first-order chi connectivity index (χ1) is 8.06. The van der Waals surface area contributed by atoms with Crippen LogP contribution in [0.4, 0.5) is 5.82 Å². The number of hydrogen-bond donors (Lipinski definition) is 1. The highest BCUT2D eigenvalue weighted by Gasteiger charge is 2.22. The molecule has 0 spiro atoms. The van der Waals surface area contributed by atoms with Gasteiger partial charge < -0.3 is 15.4 Å². The van der Waals surface area contributed by atoms with Gasteiger partial charge in [-0.3, -0.25) is 0 Å². The van der Waals surface area contributed by atoms with Crippen molar-refractivity contribution in [3.8, 4) is 0 Å². The number of ether oxygens (including phenoxy) is 1. The fraction of sp³-hybridized carbons (Fsp3) is 0.615. The molecule has 0 saturated carbocycles. The highest BCUT2D eigenvalue weighted by Crippen LogP contribution is 2.19. The van der Waals surface area contributed by atoms with Gasteiger partial charge in [-0.15, -0.1) is 0 Å². The molecular formula is C13H21N3O. The van der Waals surface area contributed by atoms with Crippen LogP contribution in [0.2, 0.25) is 0 Å². The SMILES string of the molecule is CC1CN(c2ccc(C(C)N)cn2)CC(C)O1. The van der Waals surface area contributed by atoms with Gasteiger partial charge in [0.25, 0.3) is 0 Å². The second kappa shape index (κ2) is 5.02. The molecular weight excluding hydrogens is 214 g/mol. The van der Waals surface area contributed by atoms with Gasteiger partial charge in [0.05, 0.1) is 12.2 Å². The molecule has 17 heavy (non-hydrogen) atoms. The zero-order valence-electron chi connectivity index (χ0n) is 10.8. The Kier molecular flexibility index (Phi) is 3.64. The molecule has 4 nitrogen and oxygen atoms in total. The molecule has 94 valence electrons. The highest BCUT2D eigenvalue weighted by atomic mass is 16.5. The van der Waals surface area contributed by atoms with E-state index in [1.165, 1.54) is 0 Å². The van der Waals surface area contributed by atoms with Crippen LogP contribution in [-0.4, -0.2) is 30.3 Å². The average molecular weight is 235 g/mol. The van der Waals surface area contributed by atoms with E-state index in [4.69, 9.17) is 10.5 Å². The number of nitrogens with zero attached hydrogens (tertiary/aromatic N) is 2. The zero-order chi connectivity index (χ0) is 12.4. The summed E-state index contributed by atoms with van der Waals surface area (Å²) in [6.45, 7) is 7.96. The fourth-order valence-electron chi connectivity index (χ4n) is 2.22. The van der Waals surface area contributed by atoms with Crippen molar-refractivity contribution in [1.82, 2.24) is 4.98 Å². The molecule has 1 aliphatic rings. The van der Waals surface area contributed by atoms with E-state index in [0.29, 0.717) is 0 Å². The number of pyridine rings is 1. The molecule has 4 heteroatoms. The topological polar surface area (TPSA) is 51.4 Å². The lowest BCUT2D eigenvalue weighted by atomic mass is 10.1. The molecule has 0 bridgehead atoms. The minimum absolute atomic E-state index is 0.0408. The Labute approximate surface area is 103 Å². The van der Waals surface area contributed by atoms with Crippen LogP contribution >= 0.6 is 0 Å². The number of nitrogens with two attached hydrogens (primary N) is 1. The quantitative estimate of drug-likeness (QED) is 0.848. The molecule has 1 aromatic heterocycles. The first-order valence-electron chi connectivity index (χ1n) is 6.18. The number of anilines is 1. The Morgan fingerprint density at radius 2 is 2.00 bits per heavy atom. The Morgan fingerprint density at radius 3 is 2.47 bits per heavy atom. The largest absolute Gasteiger partial charge is 0.372 e. The van der Waals surface area contributed by atoms with E-state index in [0.717, 1.165) is 24.5 Å². The van der Waals surface area contributed by atoms with Crippen LogP contribution in [0, 0.1) is 0 Å². The summed E-state index contributed by atoms with van der Waals surface area (Å²) < 4.78 is 5.71. The summed E-state index contributed by atoms with van der Waals surface area (Å²) in [6.07, 6.45) is 2.38. The van der Waals surface area contributed by atoms with Gasteiger partial charge in [0.1, 0.15) is 5.82 Å². The lowest BCUT2D eigenvalue weighted by Crippen LogP contribution is -2.45. The summed E-state index contributed by atoms with van der Waals surface area (Å²) in [6, 6.07) is 4.14. The van der Waals surface area contributed by atoms with Crippen molar-refractivity contribution in [3.05, 3.63) is 23.9 Å². The summed E-state index contributed by atoms with van der Waals surface area (Å²) in [5.41, 5.74) is 6.89. The highest BCUT2D eigenvalue weighted by molar-refractivity contribution is 5.40. The van der Waals surface area contributed by atoms with Gasteiger partial charge in [0, 0.05) is 25.3 Å². The van der Waals surface area contributed by atoms with Gasteiger partial charge in [-0.05, 0) is 32.4 Å². The van der Waals surface area contributed by atoms with E-state index in [9.17, 15) is 0 Å². The molecule has 2 N–H and O–H groups in total. The minimum atomic E-state index is 0.0408. The fourth-order valence-corrected chi connectivity index (χ4v) is 2.22. The molecule has 1 fully saturated rings. The maximum atomic E-state index is 5.81. The van der Waals surface area contributed by atoms with E-state index in [2.05, 4.69) is 29.8 Å². The Morgan fingerprint density at radius 1 is 1.35 bits per heavy atom. The van der Waals surface area contributed by atoms with Gasteiger partial charge in [-0.2, -0.15) is 0 Å². The van der Waals surface area contributed by atoms with Crippen LogP contribution in [-0.2, 0) is 4.74 Å². The van der Waals surface area contributed by atoms with Gasteiger partial charge in [0.15, 0.2) is 0 Å². The molecule has 1 aliphatic heterocycles. The Bertz CT molecular complexity index is 353. The predicted molar refractivity (Wildman–Crippen MR) is 69.1 cm³/mol. The van der Waals surface area contributed by atoms with Gasteiger partial charge in [-0.1, -0.05) is 6.07 Å². The van der Waals surface area contributed by atoms with Crippen molar-refractivity contribution < 1.29 is 4.74 Å². The predicted octanol–water partition coefficient (Wildman–Crippen LogP) is 1.71. The molecule has 0 radical (unpaired) electrons. The van der Waals surface area contributed by atoms with E-state index >= 15 is 0 Å². The molecule has 2 rings (SSSR count). The molecule has 0 amide bonds. The summed E-state index contributed by atoms with van der Waals surface area (Å²) >= 11 is 0. The lowest BCUT2D eigenvalue weighted by Gasteiger charge is -2.36.